The fraction of sp³-hybridized carbons (Fsp3) is 0.522. The van der Waals surface area contributed by atoms with E-state index in [1.165, 1.54) is 0 Å². The van der Waals surface area contributed by atoms with Gasteiger partial charge in [-0.25, -0.2) is 0 Å². The molecule has 1 N–H and O–H groups in total. The number of rotatable bonds is 11. The molecule has 4 nitrogen and oxygen atoms in total. The standard InChI is InChI=1S/C23H33NO3/c1-5-8-15-23(4,27-17-7-3)22(25)24-20-13-14-21(26-16-6-2)19-12-10-9-11-18(19)20/h9-14H,5-8,15-17H2,1-4H3,(H,24,25)/t23-/m1/s1. The number of ether oxygens (including phenoxy) is 2. The van der Waals surface area contributed by atoms with Crippen molar-refractivity contribution in [1.82, 2.24) is 0 Å². The van der Waals surface area contributed by atoms with E-state index in [9.17, 15) is 4.79 Å². The van der Waals surface area contributed by atoms with Gasteiger partial charge in [-0.15, -0.1) is 0 Å². The smallest absolute Gasteiger partial charge is 0.256 e. The number of fused-ring (bicyclic) bond motifs is 1. The molecule has 0 aliphatic carbocycles. The first-order valence-corrected chi connectivity index (χ1v) is 10.2. The van der Waals surface area contributed by atoms with Gasteiger partial charge in [0.25, 0.3) is 5.91 Å². The van der Waals surface area contributed by atoms with Crippen LogP contribution in [0.2, 0.25) is 0 Å². The van der Waals surface area contributed by atoms with Gasteiger partial charge in [0.1, 0.15) is 11.4 Å². The first-order chi connectivity index (χ1) is 13.1. The van der Waals surface area contributed by atoms with E-state index < -0.39 is 5.60 Å². The average Bonchev–Trinajstić information content (AvgIpc) is 2.70. The summed E-state index contributed by atoms with van der Waals surface area (Å²) < 4.78 is 11.8. The van der Waals surface area contributed by atoms with Crippen LogP contribution in [0, 0.1) is 0 Å². The summed E-state index contributed by atoms with van der Waals surface area (Å²) in [4.78, 5) is 13.1. The van der Waals surface area contributed by atoms with Crippen LogP contribution in [0.15, 0.2) is 36.4 Å². The molecule has 0 aliphatic heterocycles. The second kappa shape index (κ2) is 10.3. The molecule has 0 saturated carbocycles. The van der Waals surface area contributed by atoms with E-state index in [-0.39, 0.29) is 5.91 Å². The van der Waals surface area contributed by atoms with Crippen molar-refractivity contribution in [3.8, 4) is 5.75 Å². The van der Waals surface area contributed by atoms with E-state index in [0.29, 0.717) is 19.6 Å². The Balaban J connectivity index is 2.29. The van der Waals surface area contributed by atoms with E-state index in [4.69, 9.17) is 9.47 Å². The van der Waals surface area contributed by atoms with Crippen molar-refractivity contribution in [3.05, 3.63) is 36.4 Å². The Bertz CT molecular complexity index is 733. The summed E-state index contributed by atoms with van der Waals surface area (Å²) in [5, 5.41) is 5.09. The first-order valence-electron chi connectivity index (χ1n) is 10.2. The third kappa shape index (κ3) is 5.46. The number of nitrogens with one attached hydrogen (secondary N) is 1. The molecule has 0 fully saturated rings. The zero-order valence-corrected chi connectivity index (χ0v) is 17.1. The number of unbranched alkanes of at least 4 members (excludes halogenated alkanes) is 1. The SMILES string of the molecule is CCCC[C@@](C)(OCCC)C(=O)Nc1ccc(OCCC)c2ccccc12. The molecule has 0 heterocycles. The summed E-state index contributed by atoms with van der Waals surface area (Å²) in [6, 6.07) is 11.9. The van der Waals surface area contributed by atoms with Gasteiger partial charge in [-0.05, 0) is 38.3 Å². The van der Waals surface area contributed by atoms with Gasteiger partial charge in [0.05, 0.1) is 6.61 Å². The summed E-state index contributed by atoms with van der Waals surface area (Å²) in [5.74, 6) is 0.762. The predicted octanol–water partition coefficient (Wildman–Crippen LogP) is 5.94. The molecule has 0 saturated heterocycles. The molecule has 1 atom stereocenters. The summed E-state index contributed by atoms with van der Waals surface area (Å²) in [6.45, 7) is 9.42. The molecule has 148 valence electrons. The molecule has 2 aromatic rings. The molecule has 27 heavy (non-hydrogen) atoms. The third-order valence-electron chi connectivity index (χ3n) is 4.71. The topological polar surface area (TPSA) is 47.6 Å². The number of carbonyl (C=O) groups is 1. The van der Waals surface area contributed by atoms with Crippen LogP contribution < -0.4 is 10.1 Å². The Morgan fingerprint density at radius 2 is 1.67 bits per heavy atom. The Morgan fingerprint density at radius 1 is 0.963 bits per heavy atom. The highest BCUT2D eigenvalue weighted by atomic mass is 16.5. The van der Waals surface area contributed by atoms with Gasteiger partial charge in [-0.2, -0.15) is 0 Å². The van der Waals surface area contributed by atoms with Gasteiger partial charge in [0.2, 0.25) is 0 Å². The largest absolute Gasteiger partial charge is 0.493 e. The van der Waals surface area contributed by atoms with E-state index in [1.807, 2.05) is 43.3 Å². The lowest BCUT2D eigenvalue weighted by atomic mass is 9.97. The van der Waals surface area contributed by atoms with Crippen LogP contribution in [0.4, 0.5) is 5.69 Å². The second-order valence-electron chi connectivity index (χ2n) is 7.14. The Morgan fingerprint density at radius 3 is 2.33 bits per heavy atom. The van der Waals surface area contributed by atoms with E-state index in [2.05, 4.69) is 26.1 Å². The lowest BCUT2D eigenvalue weighted by Gasteiger charge is -2.29. The number of carbonyl (C=O) groups excluding carboxylic acids is 1. The van der Waals surface area contributed by atoms with Gasteiger partial charge in [0.15, 0.2) is 0 Å². The number of hydrogen-bond acceptors (Lipinski definition) is 3. The quantitative estimate of drug-likeness (QED) is 0.531. The van der Waals surface area contributed by atoms with Crippen LogP contribution in [-0.4, -0.2) is 24.7 Å². The van der Waals surface area contributed by atoms with Gasteiger partial charge < -0.3 is 14.8 Å². The highest BCUT2D eigenvalue weighted by molar-refractivity contribution is 6.06. The molecule has 2 aromatic carbocycles. The van der Waals surface area contributed by atoms with Crippen molar-refractivity contribution >= 4 is 22.4 Å². The van der Waals surface area contributed by atoms with Gasteiger partial charge in [0, 0.05) is 23.1 Å². The van der Waals surface area contributed by atoms with Crippen LogP contribution in [0.1, 0.15) is 59.8 Å². The summed E-state index contributed by atoms with van der Waals surface area (Å²) in [7, 11) is 0. The molecule has 0 bridgehead atoms. The molecule has 0 radical (unpaired) electrons. The number of hydrogen-bond donors (Lipinski definition) is 1. The fourth-order valence-corrected chi connectivity index (χ4v) is 3.07. The second-order valence-corrected chi connectivity index (χ2v) is 7.14. The number of amides is 1. The number of benzene rings is 2. The maximum Gasteiger partial charge on any atom is 0.256 e. The lowest BCUT2D eigenvalue weighted by molar-refractivity contribution is -0.140. The highest BCUT2D eigenvalue weighted by Gasteiger charge is 2.33. The van der Waals surface area contributed by atoms with Crippen LogP contribution >= 0.6 is 0 Å². The van der Waals surface area contributed by atoms with Crippen molar-refractivity contribution in [2.45, 2.75) is 65.4 Å². The molecule has 0 aliphatic rings. The minimum atomic E-state index is -0.815. The van der Waals surface area contributed by atoms with E-state index in [1.54, 1.807) is 0 Å². The molecule has 1 amide bonds. The Hall–Kier alpha value is -2.07. The highest BCUT2D eigenvalue weighted by Crippen LogP contribution is 2.33. The third-order valence-corrected chi connectivity index (χ3v) is 4.71. The fourth-order valence-electron chi connectivity index (χ4n) is 3.07. The van der Waals surface area contributed by atoms with Crippen molar-refractivity contribution in [1.29, 1.82) is 0 Å². The lowest BCUT2D eigenvalue weighted by Crippen LogP contribution is -2.43. The van der Waals surface area contributed by atoms with E-state index >= 15 is 0 Å². The maximum atomic E-state index is 13.1. The van der Waals surface area contributed by atoms with Gasteiger partial charge in [-0.1, -0.05) is 57.9 Å². The van der Waals surface area contributed by atoms with Crippen LogP contribution in [-0.2, 0) is 9.53 Å². The van der Waals surface area contributed by atoms with E-state index in [0.717, 1.165) is 47.9 Å². The number of anilines is 1. The minimum absolute atomic E-state index is 0.0863. The molecule has 4 heteroatoms. The molecular weight excluding hydrogens is 338 g/mol. The van der Waals surface area contributed by atoms with Crippen molar-refractivity contribution in [2.24, 2.45) is 0 Å². The molecular formula is C23H33NO3. The first kappa shape index (κ1) is 21.2. The zero-order valence-electron chi connectivity index (χ0n) is 17.1. The minimum Gasteiger partial charge on any atom is -0.493 e. The van der Waals surface area contributed by atoms with Crippen molar-refractivity contribution < 1.29 is 14.3 Å². The van der Waals surface area contributed by atoms with Crippen LogP contribution in [0.25, 0.3) is 10.8 Å². The summed E-state index contributed by atoms with van der Waals surface area (Å²) in [5.41, 5.74) is -0.0212. The van der Waals surface area contributed by atoms with Crippen molar-refractivity contribution in [3.63, 3.8) is 0 Å². The zero-order chi connectivity index (χ0) is 19.7. The predicted molar refractivity (Wildman–Crippen MR) is 113 cm³/mol. The van der Waals surface area contributed by atoms with Gasteiger partial charge >= 0.3 is 0 Å². The molecule has 2 rings (SSSR count). The molecule has 0 unspecified atom stereocenters. The monoisotopic (exact) mass is 371 g/mol. The van der Waals surface area contributed by atoms with Crippen LogP contribution in [0.3, 0.4) is 0 Å². The summed E-state index contributed by atoms with van der Waals surface area (Å²) in [6.07, 6.45) is 4.55. The summed E-state index contributed by atoms with van der Waals surface area (Å²) >= 11 is 0. The molecule has 0 aromatic heterocycles. The maximum absolute atomic E-state index is 13.1. The van der Waals surface area contributed by atoms with Crippen molar-refractivity contribution in [2.75, 3.05) is 18.5 Å². The Kier molecular flexibility index (Phi) is 8.11. The van der Waals surface area contributed by atoms with Gasteiger partial charge in [-0.3, -0.25) is 4.79 Å². The molecule has 0 spiro atoms. The van der Waals surface area contributed by atoms with Crippen LogP contribution in [0.5, 0.6) is 5.75 Å². The Labute approximate surface area is 163 Å². The average molecular weight is 372 g/mol. The normalized spacial score (nSPS) is 13.3.